The first-order valence-corrected chi connectivity index (χ1v) is 7.84. The molecule has 2 heterocycles. The average Bonchev–Trinajstić information content (AvgIpc) is 2.37. The summed E-state index contributed by atoms with van der Waals surface area (Å²) in [7, 11) is 0. The Bertz CT molecular complexity index is 485. The first-order chi connectivity index (χ1) is 9.25. The summed E-state index contributed by atoms with van der Waals surface area (Å²) in [6.45, 7) is 1.89. The summed E-state index contributed by atoms with van der Waals surface area (Å²) < 4.78 is 0. The van der Waals surface area contributed by atoms with E-state index in [1.54, 1.807) is 0 Å². The van der Waals surface area contributed by atoms with Crippen molar-refractivity contribution in [2.24, 2.45) is 0 Å². The first-order valence-electron chi connectivity index (χ1n) is 6.68. The molecule has 1 aliphatic carbocycles. The van der Waals surface area contributed by atoms with Crippen LogP contribution in [0.15, 0.2) is 6.20 Å². The summed E-state index contributed by atoms with van der Waals surface area (Å²) in [6, 6.07) is 0. The average molecular weight is 279 g/mol. The number of anilines is 1. The van der Waals surface area contributed by atoms with Crippen molar-refractivity contribution >= 4 is 23.7 Å². The molecule has 1 aromatic heterocycles. The molecule has 6 heteroatoms. The van der Waals surface area contributed by atoms with Crippen LogP contribution in [-0.2, 0) is 0 Å². The quantitative estimate of drug-likeness (QED) is 0.913. The van der Waals surface area contributed by atoms with Gasteiger partial charge in [0.15, 0.2) is 0 Å². The van der Waals surface area contributed by atoms with E-state index in [4.69, 9.17) is 0 Å². The van der Waals surface area contributed by atoms with E-state index in [1.165, 1.54) is 12.6 Å². The maximum absolute atomic E-state index is 11.3. The highest BCUT2D eigenvalue weighted by Gasteiger charge is 2.28. The van der Waals surface area contributed by atoms with Crippen LogP contribution in [0.5, 0.6) is 0 Å². The summed E-state index contributed by atoms with van der Waals surface area (Å²) >= 11 is 1.94. The van der Waals surface area contributed by atoms with E-state index >= 15 is 0 Å². The Balaban J connectivity index is 1.91. The number of aromatic nitrogens is 2. The molecule has 0 spiro atoms. The maximum Gasteiger partial charge on any atom is 0.339 e. The molecule has 0 aromatic carbocycles. The molecule has 102 valence electrons. The topological polar surface area (TPSA) is 66.3 Å². The number of nitrogens with zero attached hydrogens (tertiary/aromatic N) is 3. The predicted molar refractivity (Wildman–Crippen MR) is 75.1 cm³/mol. The molecule has 19 heavy (non-hydrogen) atoms. The normalized spacial score (nSPS) is 20.1. The van der Waals surface area contributed by atoms with Gasteiger partial charge in [-0.15, -0.1) is 0 Å². The Labute approximate surface area is 116 Å². The van der Waals surface area contributed by atoms with E-state index in [-0.39, 0.29) is 5.56 Å². The third-order valence-corrected chi connectivity index (χ3v) is 4.76. The third-order valence-electron chi connectivity index (χ3n) is 3.82. The largest absolute Gasteiger partial charge is 0.478 e. The maximum atomic E-state index is 11.3. The van der Waals surface area contributed by atoms with Gasteiger partial charge in [0.2, 0.25) is 5.95 Å². The molecular formula is C13H17N3O2S. The molecule has 2 aliphatic rings. The van der Waals surface area contributed by atoms with Crippen molar-refractivity contribution < 1.29 is 9.90 Å². The highest BCUT2D eigenvalue weighted by atomic mass is 32.2. The zero-order valence-electron chi connectivity index (χ0n) is 10.7. The fourth-order valence-electron chi connectivity index (χ4n) is 2.46. The van der Waals surface area contributed by atoms with Gasteiger partial charge in [-0.05, 0) is 12.8 Å². The van der Waals surface area contributed by atoms with Crippen LogP contribution in [0.3, 0.4) is 0 Å². The number of carboxylic acids is 1. The molecule has 3 rings (SSSR count). The Hall–Kier alpha value is -1.30. The molecule has 0 atom stereocenters. The molecular weight excluding hydrogens is 262 g/mol. The summed E-state index contributed by atoms with van der Waals surface area (Å²) in [6.07, 6.45) is 4.75. The van der Waals surface area contributed by atoms with E-state index < -0.39 is 5.97 Å². The summed E-state index contributed by atoms with van der Waals surface area (Å²) in [5.41, 5.74) is 1.02. The number of carbonyl (C=O) groups is 1. The van der Waals surface area contributed by atoms with Gasteiger partial charge >= 0.3 is 5.97 Å². The van der Waals surface area contributed by atoms with Gasteiger partial charge in [-0.2, -0.15) is 11.8 Å². The first kappa shape index (κ1) is 12.7. The van der Waals surface area contributed by atoms with Crippen LogP contribution in [0.1, 0.15) is 41.2 Å². The predicted octanol–water partition coefficient (Wildman–Crippen LogP) is 2.00. The van der Waals surface area contributed by atoms with Crippen molar-refractivity contribution in [1.82, 2.24) is 9.97 Å². The number of rotatable bonds is 3. The fourth-order valence-corrected chi connectivity index (χ4v) is 3.36. The number of carboxylic acid groups (broad SMARTS) is 1. The van der Waals surface area contributed by atoms with Crippen LogP contribution in [0, 0.1) is 0 Å². The number of hydrogen-bond acceptors (Lipinski definition) is 5. The van der Waals surface area contributed by atoms with Crippen LogP contribution >= 0.6 is 11.8 Å². The molecule has 0 radical (unpaired) electrons. The molecule has 0 amide bonds. The van der Waals surface area contributed by atoms with Gasteiger partial charge in [-0.3, -0.25) is 0 Å². The lowest BCUT2D eigenvalue weighted by Gasteiger charge is -2.29. The molecule has 1 saturated heterocycles. The molecule has 2 fully saturated rings. The number of aromatic carboxylic acids is 1. The lowest BCUT2D eigenvalue weighted by molar-refractivity contribution is 0.0693. The van der Waals surface area contributed by atoms with Crippen molar-refractivity contribution in [2.75, 3.05) is 29.5 Å². The number of thioether (sulfide) groups is 1. The molecule has 1 N–H and O–H groups in total. The molecule has 1 saturated carbocycles. The van der Waals surface area contributed by atoms with Crippen molar-refractivity contribution in [3.05, 3.63) is 17.5 Å². The van der Waals surface area contributed by atoms with Crippen LogP contribution < -0.4 is 4.90 Å². The molecule has 0 bridgehead atoms. The van der Waals surface area contributed by atoms with Crippen molar-refractivity contribution in [1.29, 1.82) is 0 Å². The minimum atomic E-state index is -0.914. The Morgan fingerprint density at radius 2 is 2.11 bits per heavy atom. The van der Waals surface area contributed by atoms with E-state index in [9.17, 15) is 9.90 Å². The zero-order chi connectivity index (χ0) is 13.2. The smallest absolute Gasteiger partial charge is 0.339 e. The van der Waals surface area contributed by atoms with Gasteiger partial charge in [0.25, 0.3) is 0 Å². The fraction of sp³-hybridized carbons (Fsp3) is 0.615. The second-order valence-corrected chi connectivity index (χ2v) is 6.23. The minimum Gasteiger partial charge on any atom is -0.478 e. The van der Waals surface area contributed by atoms with Gasteiger partial charge < -0.3 is 10.0 Å². The van der Waals surface area contributed by atoms with Crippen LogP contribution in [-0.4, -0.2) is 45.6 Å². The van der Waals surface area contributed by atoms with Gasteiger partial charge in [0, 0.05) is 36.7 Å². The van der Waals surface area contributed by atoms with E-state index in [0.717, 1.165) is 43.1 Å². The standard InChI is InChI=1S/C13H17N3O2S/c17-12(18)10-8-14-13(16-4-6-19-7-5-16)15-11(10)9-2-1-3-9/h8-9H,1-7H2,(H,17,18). The third kappa shape index (κ3) is 2.54. The molecule has 5 nitrogen and oxygen atoms in total. The lowest BCUT2D eigenvalue weighted by Crippen LogP contribution is -2.34. The second-order valence-electron chi connectivity index (χ2n) is 5.00. The zero-order valence-corrected chi connectivity index (χ0v) is 11.5. The SMILES string of the molecule is O=C(O)c1cnc(N2CCSCC2)nc1C1CCC1. The summed E-state index contributed by atoms with van der Waals surface area (Å²) in [4.78, 5) is 22.2. The monoisotopic (exact) mass is 279 g/mol. The lowest BCUT2D eigenvalue weighted by atomic mass is 9.81. The van der Waals surface area contributed by atoms with Gasteiger partial charge in [0.1, 0.15) is 0 Å². The van der Waals surface area contributed by atoms with Crippen LogP contribution in [0.25, 0.3) is 0 Å². The van der Waals surface area contributed by atoms with Gasteiger partial charge in [0.05, 0.1) is 11.3 Å². The van der Waals surface area contributed by atoms with Gasteiger partial charge in [-0.25, -0.2) is 14.8 Å². The van der Waals surface area contributed by atoms with Crippen molar-refractivity contribution in [3.63, 3.8) is 0 Å². The highest BCUT2D eigenvalue weighted by Crippen LogP contribution is 2.37. The summed E-state index contributed by atoms with van der Waals surface area (Å²) in [5.74, 6) is 2.27. The van der Waals surface area contributed by atoms with E-state index in [1.807, 2.05) is 11.8 Å². The Morgan fingerprint density at radius 3 is 2.68 bits per heavy atom. The minimum absolute atomic E-state index is 0.278. The molecule has 1 aliphatic heterocycles. The van der Waals surface area contributed by atoms with Gasteiger partial charge in [-0.1, -0.05) is 6.42 Å². The van der Waals surface area contributed by atoms with Crippen LogP contribution in [0.2, 0.25) is 0 Å². The summed E-state index contributed by atoms with van der Waals surface area (Å²) in [5, 5.41) is 9.24. The van der Waals surface area contributed by atoms with Crippen molar-refractivity contribution in [2.45, 2.75) is 25.2 Å². The second kappa shape index (κ2) is 5.36. The van der Waals surface area contributed by atoms with Crippen LogP contribution in [0.4, 0.5) is 5.95 Å². The van der Waals surface area contributed by atoms with E-state index in [0.29, 0.717) is 11.9 Å². The van der Waals surface area contributed by atoms with E-state index in [2.05, 4.69) is 14.9 Å². The molecule has 1 aromatic rings. The Morgan fingerprint density at radius 1 is 1.37 bits per heavy atom. The number of hydrogen-bond donors (Lipinski definition) is 1. The highest BCUT2D eigenvalue weighted by molar-refractivity contribution is 7.99. The molecule has 0 unspecified atom stereocenters. The van der Waals surface area contributed by atoms with Crippen molar-refractivity contribution in [3.8, 4) is 0 Å². The Kier molecular flexibility index (Phi) is 3.59.